The third-order valence-corrected chi connectivity index (χ3v) is 4.70. The van der Waals surface area contributed by atoms with E-state index in [-0.39, 0.29) is 12.8 Å². The molecule has 6 nitrogen and oxygen atoms in total. The Bertz CT molecular complexity index is 942. The summed E-state index contributed by atoms with van der Waals surface area (Å²) in [6, 6.07) is 5.83. The van der Waals surface area contributed by atoms with Gasteiger partial charge in [0.05, 0.1) is 11.3 Å². The monoisotopic (exact) mass is 364 g/mol. The highest BCUT2D eigenvalue weighted by atomic mass is 19.4. The highest BCUT2D eigenvalue weighted by Gasteiger charge is 2.36. The maximum atomic E-state index is 13.5. The molecule has 1 saturated heterocycles. The molecule has 4 rings (SSSR count). The van der Waals surface area contributed by atoms with Gasteiger partial charge in [0.25, 0.3) is 0 Å². The van der Waals surface area contributed by atoms with Gasteiger partial charge in [0.2, 0.25) is 0 Å². The second kappa shape index (κ2) is 6.24. The molecule has 1 aliphatic heterocycles. The van der Waals surface area contributed by atoms with Crippen LogP contribution in [0, 0.1) is 5.92 Å². The Morgan fingerprint density at radius 3 is 2.88 bits per heavy atom. The Balaban J connectivity index is 0.00000210. The lowest BCUT2D eigenvalue weighted by Crippen LogP contribution is -2.24. The maximum absolute atomic E-state index is 13.5. The number of anilines is 1. The van der Waals surface area contributed by atoms with Crippen LogP contribution in [0.15, 0.2) is 30.5 Å². The van der Waals surface area contributed by atoms with E-state index in [4.69, 9.17) is 5.73 Å². The van der Waals surface area contributed by atoms with Crippen LogP contribution < -0.4 is 10.6 Å². The summed E-state index contributed by atoms with van der Waals surface area (Å²) < 4.78 is 40.6. The summed E-state index contributed by atoms with van der Waals surface area (Å²) in [5.41, 5.74) is 5.32. The minimum absolute atomic E-state index is 0. The van der Waals surface area contributed by atoms with Crippen LogP contribution in [0.1, 0.15) is 13.4 Å². The average Bonchev–Trinajstić information content (AvgIpc) is 3.27. The molecule has 0 bridgehead atoms. The Morgan fingerprint density at radius 1 is 1.31 bits per heavy atom. The number of nitrogens with one attached hydrogen (secondary N) is 1. The molecule has 138 valence electrons. The fourth-order valence-corrected chi connectivity index (χ4v) is 3.31. The van der Waals surface area contributed by atoms with Crippen molar-refractivity contribution in [1.29, 1.82) is 0 Å². The first kappa shape index (κ1) is 16.8. The van der Waals surface area contributed by atoms with Gasteiger partial charge in [-0.2, -0.15) is 18.3 Å². The fraction of sp³-hybridized carbons (Fsp3) is 0.353. The number of nitrogens with zero attached hydrogens (tertiary/aromatic N) is 4. The SMILES string of the molecule is NC[C@@H]1CCN(c2ccc(C(F)(F)F)c(-c3[nH]nc4ncccc34)n2)C1.[HH]. The van der Waals surface area contributed by atoms with Gasteiger partial charge in [-0.05, 0) is 43.1 Å². The summed E-state index contributed by atoms with van der Waals surface area (Å²) in [6.45, 7) is 1.98. The van der Waals surface area contributed by atoms with E-state index in [1.807, 2.05) is 4.90 Å². The molecule has 9 heteroatoms. The molecule has 0 radical (unpaired) electrons. The molecule has 26 heavy (non-hydrogen) atoms. The van der Waals surface area contributed by atoms with Crippen LogP contribution in [-0.2, 0) is 6.18 Å². The quantitative estimate of drug-likeness (QED) is 0.746. The number of aromatic nitrogens is 4. The van der Waals surface area contributed by atoms with Gasteiger partial charge in [-0.25, -0.2) is 9.97 Å². The number of nitrogens with two attached hydrogens (primary N) is 1. The molecule has 0 unspecified atom stereocenters. The predicted molar refractivity (Wildman–Crippen MR) is 93.6 cm³/mol. The Labute approximate surface area is 148 Å². The number of alkyl halides is 3. The van der Waals surface area contributed by atoms with Crippen molar-refractivity contribution in [2.75, 3.05) is 24.5 Å². The van der Waals surface area contributed by atoms with E-state index in [0.717, 1.165) is 19.0 Å². The van der Waals surface area contributed by atoms with Gasteiger partial charge in [-0.15, -0.1) is 0 Å². The summed E-state index contributed by atoms with van der Waals surface area (Å²) in [5.74, 6) is 0.843. The minimum Gasteiger partial charge on any atom is -0.356 e. The van der Waals surface area contributed by atoms with Gasteiger partial charge in [0, 0.05) is 26.1 Å². The first-order chi connectivity index (χ1) is 12.5. The summed E-state index contributed by atoms with van der Waals surface area (Å²) in [7, 11) is 0. The van der Waals surface area contributed by atoms with Crippen molar-refractivity contribution in [2.24, 2.45) is 11.7 Å². The highest BCUT2D eigenvalue weighted by Crippen LogP contribution is 2.38. The molecule has 1 atom stereocenters. The van der Waals surface area contributed by atoms with Crippen LogP contribution in [0.4, 0.5) is 19.0 Å². The fourth-order valence-electron chi connectivity index (χ4n) is 3.31. The summed E-state index contributed by atoms with van der Waals surface area (Å²) in [5, 5.41) is 7.17. The number of fused-ring (bicyclic) bond motifs is 1. The van der Waals surface area contributed by atoms with Crippen molar-refractivity contribution in [3.8, 4) is 11.4 Å². The number of aromatic amines is 1. The molecule has 0 aliphatic carbocycles. The zero-order valence-corrected chi connectivity index (χ0v) is 13.8. The van der Waals surface area contributed by atoms with Crippen molar-refractivity contribution in [1.82, 2.24) is 20.2 Å². The third kappa shape index (κ3) is 2.88. The van der Waals surface area contributed by atoms with E-state index in [2.05, 4.69) is 20.2 Å². The van der Waals surface area contributed by atoms with Crippen LogP contribution in [0.2, 0.25) is 0 Å². The van der Waals surface area contributed by atoms with E-state index in [1.54, 1.807) is 18.3 Å². The molecule has 1 fully saturated rings. The summed E-state index contributed by atoms with van der Waals surface area (Å²) in [4.78, 5) is 10.4. The van der Waals surface area contributed by atoms with Gasteiger partial charge in [-0.1, -0.05) is 0 Å². The molecule has 0 amide bonds. The average molecular weight is 364 g/mol. The number of hydrogen-bond donors (Lipinski definition) is 2. The van der Waals surface area contributed by atoms with Gasteiger partial charge in [-0.3, -0.25) is 5.10 Å². The molecule has 0 spiro atoms. The lowest BCUT2D eigenvalue weighted by atomic mass is 10.1. The highest BCUT2D eigenvalue weighted by molar-refractivity contribution is 5.90. The zero-order valence-electron chi connectivity index (χ0n) is 13.8. The smallest absolute Gasteiger partial charge is 0.356 e. The van der Waals surface area contributed by atoms with Crippen LogP contribution in [-0.4, -0.2) is 39.8 Å². The number of rotatable bonds is 3. The van der Waals surface area contributed by atoms with E-state index in [0.29, 0.717) is 35.9 Å². The Morgan fingerprint density at radius 2 is 2.15 bits per heavy atom. The van der Waals surface area contributed by atoms with Gasteiger partial charge >= 0.3 is 6.18 Å². The standard InChI is InChI=1S/C17H17F3N6.H2/c18-17(19,20)12-3-4-13(26-7-5-10(8-21)9-26)23-15(12)14-11-2-1-6-22-16(11)25-24-14;/h1-4,6,10H,5,7-9,21H2,(H,22,24,25);1H/t10-;/m0./s1. The van der Waals surface area contributed by atoms with Crippen molar-refractivity contribution < 1.29 is 14.6 Å². The summed E-state index contributed by atoms with van der Waals surface area (Å²) >= 11 is 0. The Hall–Kier alpha value is -2.68. The molecule has 4 heterocycles. The van der Waals surface area contributed by atoms with Gasteiger partial charge < -0.3 is 10.6 Å². The van der Waals surface area contributed by atoms with E-state index in [1.165, 1.54) is 6.07 Å². The largest absolute Gasteiger partial charge is 0.418 e. The summed E-state index contributed by atoms with van der Waals surface area (Å²) in [6.07, 6.45) is -2.07. The van der Waals surface area contributed by atoms with E-state index in [9.17, 15) is 13.2 Å². The predicted octanol–water partition coefficient (Wildman–Crippen LogP) is 3.07. The number of pyridine rings is 2. The first-order valence-corrected chi connectivity index (χ1v) is 8.30. The molecular weight excluding hydrogens is 345 g/mol. The van der Waals surface area contributed by atoms with Gasteiger partial charge in [0.1, 0.15) is 11.5 Å². The number of hydrogen-bond acceptors (Lipinski definition) is 5. The topological polar surface area (TPSA) is 83.7 Å². The minimum atomic E-state index is -4.52. The molecule has 0 saturated carbocycles. The van der Waals surface area contributed by atoms with E-state index >= 15 is 0 Å². The molecule has 3 N–H and O–H groups in total. The third-order valence-electron chi connectivity index (χ3n) is 4.70. The second-order valence-electron chi connectivity index (χ2n) is 6.37. The van der Waals surface area contributed by atoms with Crippen LogP contribution in [0.5, 0.6) is 0 Å². The second-order valence-corrected chi connectivity index (χ2v) is 6.37. The Kier molecular flexibility index (Phi) is 4.03. The maximum Gasteiger partial charge on any atom is 0.418 e. The van der Waals surface area contributed by atoms with Crippen LogP contribution in [0.3, 0.4) is 0 Å². The molecule has 1 aliphatic rings. The first-order valence-electron chi connectivity index (χ1n) is 8.30. The normalized spacial score (nSPS) is 18.0. The molecule has 3 aromatic rings. The van der Waals surface area contributed by atoms with Gasteiger partial charge in [0.15, 0.2) is 5.65 Å². The van der Waals surface area contributed by atoms with Crippen LogP contribution in [0.25, 0.3) is 22.4 Å². The van der Waals surface area contributed by atoms with E-state index < -0.39 is 11.7 Å². The lowest BCUT2D eigenvalue weighted by Gasteiger charge is -2.20. The molecule has 0 aromatic carbocycles. The zero-order chi connectivity index (χ0) is 18.3. The molecule has 3 aromatic heterocycles. The van der Waals surface area contributed by atoms with Crippen molar-refractivity contribution in [3.05, 3.63) is 36.0 Å². The molecular formula is C17H19F3N6. The van der Waals surface area contributed by atoms with Crippen molar-refractivity contribution >= 4 is 16.9 Å². The van der Waals surface area contributed by atoms with Crippen LogP contribution >= 0.6 is 0 Å². The lowest BCUT2D eigenvalue weighted by molar-refractivity contribution is -0.137. The number of halogens is 3. The van der Waals surface area contributed by atoms with Crippen molar-refractivity contribution in [3.63, 3.8) is 0 Å². The number of H-pyrrole nitrogens is 1. The van der Waals surface area contributed by atoms with Crippen molar-refractivity contribution in [2.45, 2.75) is 12.6 Å².